The van der Waals surface area contributed by atoms with Crippen LogP contribution in [-0.2, 0) is 19.3 Å². The van der Waals surface area contributed by atoms with Gasteiger partial charge in [0, 0.05) is 13.1 Å². The van der Waals surface area contributed by atoms with Crippen molar-refractivity contribution in [1.82, 2.24) is 10.2 Å². The number of hydrogen-bond acceptors (Lipinski definition) is 7. The van der Waals surface area contributed by atoms with Gasteiger partial charge in [0.15, 0.2) is 5.44 Å². The smallest absolute Gasteiger partial charge is 0.406 e. The van der Waals surface area contributed by atoms with E-state index in [0.717, 1.165) is 38.1 Å². The van der Waals surface area contributed by atoms with Gasteiger partial charge in [-0.2, -0.15) is 0 Å². The molecule has 1 aromatic carbocycles. The Hall–Kier alpha value is -1.40. The van der Waals surface area contributed by atoms with Crippen LogP contribution in [0.25, 0.3) is 0 Å². The Kier molecular flexibility index (Phi) is 6.25. The highest BCUT2D eigenvalue weighted by Crippen LogP contribution is 2.43. The van der Waals surface area contributed by atoms with E-state index in [-0.39, 0.29) is 16.5 Å². The Labute approximate surface area is 179 Å². The molecule has 1 N–H and O–H groups in total. The molecule has 1 spiro atoms. The minimum Gasteiger partial charge on any atom is -0.406 e. The SMILES string of the molecule is Cc1cc(OC(F)(F)F)ccc1S(=O)(=O)C1OC2(CCNCC2)CC1N1CCOCC1. The van der Waals surface area contributed by atoms with Crippen LogP contribution in [0, 0.1) is 6.92 Å². The van der Waals surface area contributed by atoms with Crippen LogP contribution in [0.2, 0.25) is 0 Å². The normalized spacial score (nSPS) is 27.5. The van der Waals surface area contributed by atoms with Gasteiger partial charge in [0.05, 0.1) is 29.8 Å². The second-order valence-corrected chi connectivity index (χ2v) is 10.4. The van der Waals surface area contributed by atoms with E-state index in [4.69, 9.17) is 9.47 Å². The third-order valence-corrected chi connectivity index (χ3v) is 8.38. The fraction of sp³-hybridized carbons (Fsp3) is 0.700. The number of nitrogens with one attached hydrogen (secondary N) is 1. The fourth-order valence-corrected chi connectivity index (χ4v) is 6.83. The van der Waals surface area contributed by atoms with Crippen LogP contribution in [0.1, 0.15) is 24.8 Å². The van der Waals surface area contributed by atoms with E-state index in [9.17, 15) is 21.6 Å². The Morgan fingerprint density at radius 2 is 1.87 bits per heavy atom. The largest absolute Gasteiger partial charge is 0.573 e. The lowest BCUT2D eigenvalue weighted by Crippen LogP contribution is -2.49. The zero-order valence-corrected chi connectivity index (χ0v) is 18.1. The van der Waals surface area contributed by atoms with E-state index in [2.05, 4.69) is 15.0 Å². The van der Waals surface area contributed by atoms with Gasteiger partial charge in [0.25, 0.3) is 0 Å². The van der Waals surface area contributed by atoms with Crippen molar-refractivity contribution in [3.05, 3.63) is 23.8 Å². The second kappa shape index (κ2) is 8.51. The van der Waals surface area contributed by atoms with Crippen molar-refractivity contribution in [3.63, 3.8) is 0 Å². The van der Waals surface area contributed by atoms with Gasteiger partial charge in [0.1, 0.15) is 5.75 Å². The number of piperidine rings is 1. The summed E-state index contributed by atoms with van der Waals surface area (Å²) in [7, 11) is -3.97. The topological polar surface area (TPSA) is 77.1 Å². The van der Waals surface area contributed by atoms with Gasteiger partial charge in [-0.15, -0.1) is 13.2 Å². The minimum atomic E-state index is -4.84. The number of aryl methyl sites for hydroxylation is 1. The summed E-state index contributed by atoms with van der Waals surface area (Å²) in [6.07, 6.45) is -2.80. The minimum absolute atomic E-state index is 0.0312. The van der Waals surface area contributed by atoms with Crippen molar-refractivity contribution < 1.29 is 35.8 Å². The number of benzene rings is 1. The molecule has 31 heavy (non-hydrogen) atoms. The summed E-state index contributed by atoms with van der Waals surface area (Å²) in [4.78, 5) is 2.08. The van der Waals surface area contributed by atoms with Crippen molar-refractivity contribution in [2.24, 2.45) is 0 Å². The maximum absolute atomic E-state index is 13.7. The molecule has 174 valence electrons. The molecular formula is C20H27F3N2O5S. The number of ether oxygens (including phenoxy) is 3. The molecule has 11 heteroatoms. The van der Waals surface area contributed by atoms with Crippen molar-refractivity contribution in [2.75, 3.05) is 39.4 Å². The van der Waals surface area contributed by atoms with Crippen molar-refractivity contribution in [3.8, 4) is 5.75 Å². The van der Waals surface area contributed by atoms with E-state index in [1.165, 1.54) is 13.0 Å². The van der Waals surface area contributed by atoms with Crippen LogP contribution >= 0.6 is 0 Å². The predicted octanol–water partition coefficient (Wildman–Crippen LogP) is 2.24. The van der Waals surface area contributed by atoms with Gasteiger partial charge in [-0.05, 0) is 63.0 Å². The van der Waals surface area contributed by atoms with Crippen molar-refractivity contribution in [2.45, 2.75) is 54.5 Å². The number of morpholine rings is 1. The van der Waals surface area contributed by atoms with Gasteiger partial charge < -0.3 is 19.5 Å². The summed E-state index contributed by atoms with van der Waals surface area (Å²) in [5.74, 6) is -0.448. The zero-order valence-electron chi connectivity index (χ0n) is 17.3. The summed E-state index contributed by atoms with van der Waals surface area (Å²) < 4.78 is 80.6. The maximum atomic E-state index is 13.7. The quantitative estimate of drug-likeness (QED) is 0.732. The van der Waals surface area contributed by atoms with Crippen molar-refractivity contribution >= 4 is 9.84 Å². The number of alkyl halides is 3. The summed E-state index contributed by atoms with van der Waals surface area (Å²) in [6.45, 7) is 5.27. The Bertz CT molecular complexity index is 897. The molecule has 0 aromatic heterocycles. The first-order chi connectivity index (χ1) is 14.6. The maximum Gasteiger partial charge on any atom is 0.573 e. The second-order valence-electron chi connectivity index (χ2n) is 8.36. The van der Waals surface area contributed by atoms with Gasteiger partial charge in [-0.1, -0.05) is 0 Å². The van der Waals surface area contributed by atoms with Crippen LogP contribution in [0.15, 0.2) is 23.1 Å². The lowest BCUT2D eigenvalue weighted by Gasteiger charge is -2.35. The molecule has 0 saturated carbocycles. The van der Waals surface area contributed by atoms with Crippen LogP contribution in [0.5, 0.6) is 5.75 Å². The number of nitrogens with zero attached hydrogens (tertiary/aromatic N) is 1. The van der Waals surface area contributed by atoms with Gasteiger partial charge in [-0.3, -0.25) is 4.90 Å². The van der Waals surface area contributed by atoms with Crippen LogP contribution in [0.4, 0.5) is 13.2 Å². The van der Waals surface area contributed by atoms with E-state index < -0.39 is 33.0 Å². The standard InChI is InChI=1S/C20H27F3N2O5S/c1-14-12-15(29-20(21,22)23)2-3-17(14)31(26,27)18-16(25-8-10-28-11-9-25)13-19(30-18)4-6-24-7-5-19/h2-3,12,16,18,24H,4-11,13H2,1H3. The molecule has 0 amide bonds. The van der Waals surface area contributed by atoms with Crippen LogP contribution in [-0.4, -0.2) is 76.2 Å². The monoisotopic (exact) mass is 464 g/mol. The average Bonchev–Trinajstić information content (AvgIpc) is 3.07. The summed E-state index contributed by atoms with van der Waals surface area (Å²) in [5.41, 5.74) is -1.41. The Morgan fingerprint density at radius 1 is 1.19 bits per heavy atom. The molecule has 3 saturated heterocycles. The van der Waals surface area contributed by atoms with Crippen LogP contribution < -0.4 is 10.1 Å². The molecule has 2 atom stereocenters. The first-order valence-electron chi connectivity index (χ1n) is 10.4. The van der Waals surface area contributed by atoms with E-state index in [0.29, 0.717) is 32.7 Å². The molecular weight excluding hydrogens is 437 g/mol. The highest BCUT2D eigenvalue weighted by molar-refractivity contribution is 7.92. The third-order valence-electron chi connectivity index (χ3n) is 6.28. The first kappa shape index (κ1) is 22.8. The number of sulfone groups is 1. The fourth-order valence-electron chi connectivity index (χ4n) is 4.80. The zero-order chi connectivity index (χ0) is 22.3. The lowest BCUT2D eigenvalue weighted by molar-refractivity contribution is -0.274. The summed E-state index contributed by atoms with van der Waals surface area (Å²) in [5, 5.41) is 3.28. The number of hydrogen-bond donors (Lipinski definition) is 1. The molecule has 1 aromatic rings. The summed E-state index contributed by atoms with van der Waals surface area (Å²) >= 11 is 0. The third kappa shape index (κ3) is 4.85. The number of halogens is 3. The van der Waals surface area contributed by atoms with E-state index in [1.54, 1.807) is 0 Å². The molecule has 3 aliphatic rings. The molecule has 0 aliphatic carbocycles. The molecule has 7 nitrogen and oxygen atoms in total. The first-order valence-corrected chi connectivity index (χ1v) is 11.9. The Morgan fingerprint density at radius 3 is 2.48 bits per heavy atom. The van der Waals surface area contributed by atoms with Gasteiger partial charge >= 0.3 is 6.36 Å². The Balaban J connectivity index is 1.65. The van der Waals surface area contributed by atoms with Crippen molar-refractivity contribution in [1.29, 1.82) is 0 Å². The molecule has 4 rings (SSSR count). The average molecular weight is 465 g/mol. The highest BCUT2D eigenvalue weighted by Gasteiger charge is 2.54. The summed E-state index contributed by atoms with van der Waals surface area (Å²) in [6, 6.07) is 2.97. The number of rotatable bonds is 4. The predicted molar refractivity (Wildman–Crippen MR) is 106 cm³/mol. The van der Waals surface area contributed by atoms with Crippen LogP contribution in [0.3, 0.4) is 0 Å². The van der Waals surface area contributed by atoms with Gasteiger partial charge in [-0.25, -0.2) is 8.42 Å². The molecule has 3 heterocycles. The molecule has 0 radical (unpaired) electrons. The van der Waals surface area contributed by atoms with Gasteiger partial charge in [0.2, 0.25) is 9.84 Å². The molecule has 2 unspecified atom stereocenters. The van der Waals surface area contributed by atoms with E-state index >= 15 is 0 Å². The molecule has 3 aliphatic heterocycles. The lowest BCUT2D eigenvalue weighted by atomic mass is 9.88. The molecule has 0 bridgehead atoms. The van der Waals surface area contributed by atoms with E-state index in [1.807, 2.05) is 0 Å². The molecule has 3 fully saturated rings. The highest BCUT2D eigenvalue weighted by atomic mass is 32.2.